The first-order valence-electron chi connectivity index (χ1n) is 5.47. The Bertz CT molecular complexity index is 503. The van der Waals surface area contributed by atoms with E-state index in [0.29, 0.717) is 19.0 Å². The minimum absolute atomic E-state index is 0.198. The number of nitrogens with two attached hydrogens (primary N) is 1. The summed E-state index contributed by atoms with van der Waals surface area (Å²) in [6, 6.07) is 9.62. The van der Waals surface area contributed by atoms with Crippen molar-refractivity contribution in [2.45, 2.75) is 6.10 Å². The van der Waals surface area contributed by atoms with Crippen molar-refractivity contribution in [1.29, 1.82) is 0 Å². The number of ether oxygens (including phenoxy) is 2. The van der Waals surface area contributed by atoms with E-state index in [1.165, 1.54) is 0 Å². The maximum Gasteiger partial charge on any atom is 0.145 e. The average Bonchev–Trinajstić information content (AvgIpc) is 2.71. The Balaban J connectivity index is 1.75. The van der Waals surface area contributed by atoms with Crippen LogP contribution in [-0.4, -0.2) is 29.5 Å². The average molecular weight is 231 g/mol. The summed E-state index contributed by atoms with van der Waals surface area (Å²) in [4.78, 5) is 0. The molecule has 3 rings (SSSR count). The lowest BCUT2D eigenvalue weighted by molar-refractivity contribution is -0.0796. The van der Waals surface area contributed by atoms with Crippen LogP contribution in [0.1, 0.15) is 0 Å². The summed E-state index contributed by atoms with van der Waals surface area (Å²) in [5, 5.41) is 6.76. The Morgan fingerprint density at radius 2 is 2.06 bits per heavy atom. The highest BCUT2D eigenvalue weighted by atomic mass is 16.6. The maximum absolute atomic E-state index is 5.67. The van der Waals surface area contributed by atoms with Gasteiger partial charge in [0, 0.05) is 6.07 Å². The smallest absolute Gasteiger partial charge is 0.145 e. The molecule has 3 N–H and O–H groups in total. The number of rotatable bonds is 3. The highest BCUT2D eigenvalue weighted by Crippen LogP contribution is 2.23. The van der Waals surface area contributed by atoms with Gasteiger partial charge in [0.15, 0.2) is 0 Å². The number of nitrogens with one attached hydrogen (secondary N) is 1. The summed E-state index contributed by atoms with van der Waals surface area (Å²) in [6.07, 6.45) is 0.198. The van der Waals surface area contributed by atoms with E-state index < -0.39 is 0 Å². The van der Waals surface area contributed by atoms with E-state index in [2.05, 4.69) is 10.2 Å². The van der Waals surface area contributed by atoms with Crippen LogP contribution in [0.15, 0.2) is 30.3 Å². The lowest BCUT2D eigenvalue weighted by Gasteiger charge is -2.26. The molecule has 2 heterocycles. The molecule has 0 aliphatic carbocycles. The van der Waals surface area contributed by atoms with E-state index in [-0.39, 0.29) is 6.10 Å². The fraction of sp³-hybridized carbons (Fsp3) is 0.250. The third-order valence-corrected chi connectivity index (χ3v) is 2.67. The molecule has 5 nitrogen and oxygen atoms in total. The molecule has 5 heteroatoms. The predicted octanol–water partition coefficient (Wildman–Crippen LogP) is 1.44. The lowest BCUT2D eigenvalue weighted by atomic mass is 10.1. The van der Waals surface area contributed by atoms with Crippen LogP contribution < -0.4 is 10.5 Å². The normalized spacial score (nSPS) is 15.5. The van der Waals surface area contributed by atoms with Gasteiger partial charge in [-0.1, -0.05) is 0 Å². The number of benzene rings is 1. The Morgan fingerprint density at radius 3 is 2.59 bits per heavy atom. The molecule has 1 aromatic heterocycles. The van der Waals surface area contributed by atoms with Crippen LogP contribution in [0.3, 0.4) is 0 Å². The second-order valence-corrected chi connectivity index (χ2v) is 4.01. The fourth-order valence-electron chi connectivity index (χ4n) is 1.67. The molecule has 17 heavy (non-hydrogen) atoms. The van der Waals surface area contributed by atoms with E-state index >= 15 is 0 Å². The van der Waals surface area contributed by atoms with Crippen molar-refractivity contribution < 1.29 is 9.47 Å². The predicted molar refractivity (Wildman–Crippen MR) is 63.7 cm³/mol. The fourth-order valence-corrected chi connectivity index (χ4v) is 1.67. The van der Waals surface area contributed by atoms with Gasteiger partial charge in [-0.3, -0.25) is 5.10 Å². The summed E-state index contributed by atoms with van der Waals surface area (Å²) in [5.41, 5.74) is 7.49. The van der Waals surface area contributed by atoms with E-state index in [9.17, 15) is 0 Å². The van der Waals surface area contributed by atoms with Crippen molar-refractivity contribution in [3.8, 4) is 17.0 Å². The Hall–Kier alpha value is -2.01. The first-order chi connectivity index (χ1) is 8.31. The second-order valence-electron chi connectivity index (χ2n) is 4.01. The van der Waals surface area contributed by atoms with Gasteiger partial charge in [0.1, 0.15) is 17.7 Å². The van der Waals surface area contributed by atoms with E-state index in [1.54, 1.807) is 6.07 Å². The number of anilines is 1. The zero-order valence-corrected chi connectivity index (χ0v) is 9.22. The van der Waals surface area contributed by atoms with E-state index in [0.717, 1.165) is 17.0 Å². The molecule has 1 aromatic carbocycles. The number of hydrogen-bond acceptors (Lipinski definition) is 4. The zero-order valence-electron chi connectivity index (χ0n) is 9.22. The largest absolute Gasteiger partial charge is 0.486 e. The van der Waals surface area contributed by atoms with Crippen molar-refractivity contribution in [3.05, 3.63) is 30.3 Å². The Labute approximate surface area is 98.5 Å². The van der Waals surface area contributed by atoms with Crippen LogP contribution in [-0.2, 0) is 4.74 Å². The number of aromatic amines is 1. The molecule has 0 unspecified atom stereocenters. The number of H-pyrrole nitrogens is 1. The van der Waals surface area contributed by atoms with Crippen molar-refractivity contribution in [2.75, 3.05) is 18.9 Å². The van der Waals surface area contributed by atoms with Crippen molar-refractivity contribution in [2.24, 2.45) is 0 Å². The van der Waals surface area contributed by atoms with Crippen LogP contribution in [0.4, 0.5) is 5.82 Å². The zero-order chi connectivity index (χ0) is 11.7. The van der Waals surface area contributed by atoms with Gasteiger partial charge >= 0.3 is 0 Å². The lowest BCUT2D eigenvalue weighted by Crippen LogP contribution is -2.38. The molecule has 0 bridgehead atoms. The SMILES string of the molecule is Nc1cc(-c2ccc(OC3COC3)cc2)[nH]n1. The van der Waals surface area contributed by atoms with Gasteiger partial charge in [-0.15, -0.1) is 0 Å². The van der Waals surface area contributed by atoms with Gasteiger partial charge in [0.2, 0.25) is 0 Å². The minimum Gasteiger partial charge on any atom is -0.486 e. The van der Waals surface area contributed by atoms with Crippen LogP contribution >= 0.6 is 0 Å². The van der Waals surface area contributed by atoms with Gasteiger partial charge in [0.25, 0.3) is 0 Å². The number of nitrogens with zero attached hydrogens (tertiary/aromatic N) is 1. The molecule has 1 saturated heterocycles. The number of hydrogen-bond donors (Lipinski definition) is 2. The first-order valence-corrected chi connectivity index (χ1v) is 5.47. The molecule has 2 aromatic rings. The number of nitrogen functional groups attached to an aromatic ring is 1. The second kappa shape index (κ2) is 4.10. The monoisotopic (exact) mass is 231 g/mol. The molecule has 1 fully saturated rings. The highest BCUT2D eigenvalue weighted by molar-refractivity contribution is 5.62. The molecular weight excluding hydrogens is 218 g/mol. The molecule has 1 aliphatic rings. The molecule has 0 amide bonds. The van der Waals surface area contributed by atoms with Gasteiger partial charge in [-0.05, 0) is 29.8 Å². The molecule has 1 aliphatic heterocycles. The van der Waals surface area contributed by atoms with Crippen LogP contribution in [0.5, 0.6) is 5.75 Å². The van der Waals surface area contributed by atoms with Crippen molar-refractivity contribution >= 4 is 5.82 Å². The highest BCUT2D eigenvalue weighted by Gasteiger charge is 2.19. The third-order valence-electron chi connectivity index (χ3n) is 2.67. The molecule has 0 radical (unpaired) electrons. The summed E-state index contributed by atoms with van der Waals surface area (Å²) >= 11 is 0. The summed E-state index contributed by atoms with van der Waals surface area (Å²) in [6.45, 7) is 1.36. The summed E-state index contributed by atoms with van der Waals surface area (Å²) in [5.74, 6) is 1.35. The molecule has 0 atom stereocenters. The minimum atomic E-state index is 0.198. The number of aromatic nitrogens is 2. The first kappa shape index (κ1) is 10.2. The molecular formula is C12H13N3O2. The van der Waals surface area contributed by atoms with Gasteiger partial charge in [-0.25, -0.2) is 0 Å². The summed E-state index contributed by atoms with van der Waals surface area (Å²) in [7, 11) is 0. The Morgan fingerprint density at radius 1 is 1.29 bits per heavy atom. The maximum atomic E-state index is 5.67. The van der Waals surface area contributed by atoms with Crippen LogP contribution in [0.25, 0.3) is 11.3 Å². The Kier molecular flexibility index (Phi) is 2.45. The molecule has 88 valence electrons. The molecule has 0 spiro atoms. The third kappa shape index (κ3) is 2.09. The van der Waals surface area contributed by atoms with Gasteiger partial charge in [-0.2, -0.15) is 5.10 Å². The van der Waals surface area contributed by atoms with Crippen LogP contribution in [0, 0.1) is 0 Å². The quantitative estimate of drug-likeness (QED) is 0.838. The van der Waals surface area contributed by atoms with Crippen LogP contribution in [0.2, 0.25) is 0 Å². The van der Waals surface area contributed by atoms with Crippen molar-refractivity contribution in [3.63, 3.8) is 0 Å². The molecule has 0 saturated carbocycles. The van der Waals surface area contributed by atoms with Gasteiger partial charge in [0.05, 0.1) is 18.9 Å². The van der Waals surface area contributed by atoms with E-state index in [1.807, 2.05) is 24.3 Å². The van der Waals surface area contributed by atoms with Crippen molar-refractivity contribution in [1.82, 2.24) is 10.2 Å². The van der Waals surface area contributed by atoms with Gasteiger partial charge < -0.3 is 15.2 Å². The summed E-state index contributed by atoms with van der Waals surface area (Å²) < 4.78 is 10.7. The topological polar surface area (TPSA) is 73.2 Å². The standard InChI is InChI=1S/C12H13N3O2/c13-12-5-11(14-15-12)8-1-3-9(4-2-8)17-10-6-16-7-10/h1-5,10H,6-7H2,(H3,13,14,15). The van der Waals surface area contributed by atoms with E-state index in [4.69, 9.17) is 15.2 Å².